The summed E-state index contributed by atoms with van der Waals surface area (Å²) in [5, 5.41) is 4.05. The third-order valence-corrected chi connectivity index (χ3v) is 4.99. The Bertz CT molecular complexity index is 1020. The zero-order valence-electron chi connectivity index (χ0n) is 16.1. The summed E-state index contributed by atoms with van der Waals surface area (Å²) in [6.07, 6.45) is 1.50. The SMILES string of the molecule is COc1ccc(-c2noc([C@@H]3CCCN3C(=O)c3ccc(OC)c(F)c3)n2)cc1. The molecule has 1 fully saturated rings. The van der Waals surface area contributed by atoms with Crippen LogP contribution in [0.3, 0.4) is 0 Å². The Balaban J connectivity index is 1.56. The average Bonchev–Trinajstić information content (AvgIpc) is 3.42. The smallest absolute Gasteiger partial charge is 0.254 e. The molecule has 1 amide bonds. The molecule has 1 aromatic heterocycles. The normalized spacial score (nSPS) is 16.1. The quantitative estimate of drug-likeness (QED) is 0.650. The molecule has 3 aromatic rings. The van der Waals surface area contributed by atoms with Crippen molar-refractivity contribution in [3.63, 3.8) is 0 Å². The molecule has 0 spiro atoms. The van der Waals surface area contributed by atoms with E-state index in [-0.39, 0.29) is 23.3 Å². The predicted molar refractivity (Wildman–Crippen MR) is 102 cm³/mol. The fraction of sp³-hybridized carbons (Fsp3) is 0.286. The Kier molecular flexibility index (Phi) is 5.16. The number of benzene rings is 2. The molecule has 150 valence electrons. The fourth-order valence-corrected chi connectivity index (χ4v) is 3.46. The van der Waals surface area contributed by atoms with E-state index in [2.05, 4.69) is 10.1 Å². The number of ether oxygens (including phenoxy) is 2. The molecule has 0 radical (unpaired) electrons. The molecule has 1 aliphatic rings. The van der Waals surface area contributed by atoms with Gasteiger partial charge in [-0.3, -0.25) is 4.79 Å². The molecule has 2 heterocycles. The van der Waals surface area contributed by atoms with E-state index in [1.807, 2.05) is 24.3 Å². The zero-order valence-corrected chi connectivity index (χ0v) is 16.1. The number of aromatic nitrogens is 2. The minimum Gasteiger partial charge on any atom is -0.497 e. The van der Waals surface area contributed by atoms with Gasteiger partial charge in [-0.2, -0.15) is 4.98 Å². The van der Waals surface area contributed by atoms with Gasteiger partial charge in [0.25, 0.3) is 5.91 Å². The van der Waals surface area contributed by atoms with Gasteiger partial charge in [0, 0.05) is 17.7 Å². The molecule has 0 N–H and O–H groups in total. The van der Waals surface area contributed by atoms with Crippen LogP contribution in [0.2, 0.25) is 0 Å². The summed E-state index contributed by atoms with van der Waals surface area (Å²) in [7, 11) is 2.98. The van der Waals surface area contributed by atoms with Gasteiger partial charge in [0.15, 0.2) is 11.6 Å². The van der Waals surface area contributed by atoms with Crippen molar-refractivity contribution in [3.05, 3.63) is 59.7 Å². The van der Waals surface area contributed by atoms with E-state index in [0.29, 0.717) is 24.7 Å². The number of hydrogen-bond donors (Lipinski definition) is 0. The highest BCUT2D eigenvalue weighted by molar-refractivity contribution is 5.94. The van der Waals surface area contributed by atoms with E-state index in [1.165, 1.54) is 19.2 Å². The van der Waals surface area contributed by atoms with Crippen molar-refractivity contribution in [2.75, 3.05) is 20.8 Å². The fourth-order valence-electron chi connectivity index (χ4n) is 3.46. The molecule has 0 aliphatic carbocycles. The number of carbonyl (C=O) groups is 1. The Morgan fingerprint density at radius 1 is 1.17 bits per heavy atom. The standard InChI is InChI=1S/C21H20FN3O4/c1-27-15-8-5-13(6-9-15)19-23-20(29-24-19)17-4-3-11-25(17)21(26)14-7-10-18(28-2)16(22)12-14/h5-10,12,17H,3-4,11H2,1-2H3/t17-/m0/s1. The molecule has 1 saturated heterocycles. The molecule has 0 unspecified atom stereocenters. The van der Waals surface area contributed by atoms with Gasteiger partial charge < -0.3 is 18.9 Å². The lowest BCUT2D eigenvalue weighted by atomic mass is 10.1. The number of rotatable bonds is 5. The van der Waals surface area contributed by atoms with Gasteiger partial charge >= 0.3 is 0 Å². The van der Waals surface area contributed by atoms with E-state index in [1.54, 1.807) is 18.1 Å². The first kappa shape index (κ1) is 18.9. The second kappa shape index (κ2) is 7.90. The largest absolute Gasteiger partial charge is 0.497 e. The third-order valence-electron chi connectivity index (χ3n) is 4.99. The summed E-state index contributed by atoms with van der Waals surface area (Å²) < 4.78 is 29.5. The van der Waals surface area contributed by atoms with Gasteiger partial charge in [0.1, 0.15) is 11.8 Å². The Morgan fingerprint density at radius 3 is 2.66 bits per heavy atom. The van der Waals surface area contributed by atoms with Crippen molar-refractivity contribution in [2.45, 2.75) is 18.9 Å². The average molecular weight is 397 g/mol. The molecule has 0 saturated carbocycles. The molecule has 1 atom stereocenters. The van der Waals surface area contributed by atoms with Crippen LogP contribution in [0.1, 0.15) is 35.1 Å². The van der Waals surface area contributed by atoms with E-state index >= 15 is 0 Å². The second-order valence-electron chi connectivity index (χ2n) is 6.69. The van der Waals surface area contributed by atoms with Crippen molar-refractivity contribution in [3.8, 4) is 22.9 Å². The Hall–Kier alpha value is -3.42. The maximum atomic E-state index is 14.0. The molecule has 29 heavy (non-hydrogen) atoms. The Labute approximate surface area is 167 Å². The van der Waals surface area contributed by atoms with Crippen LogP contribution >= 0.6 is 0 Å². The van der Waals surface area contributed by atoms with Gasteiger partial charge in [-0.15, -0.1) is 0 Å². The zero-order chi connectivity index (χ0) is 20.4. The maximum Gasteiger partial charge on any atom is 0.254 e. The minimum atomic E-state index is -0.575. The highest BCUT2D eigenvalue weighted by Gasteiger charge is 2.35. The lowest BCUT2D eigenvalue weighted by Gasteiger charge is -2.22. The number of halogens is 1. The highest BCUT2D eigenvalue weighted by atomic mass is 19.1. The maximum absolute atomic E-state index is 14.0. The first-order valence-corrected chi connectivity index (χ1v) is 9.23. The third kappa shape index (κ3) is 3.65. The van der Waals surface area contributed by atoms with Crippen LogP contribution in [-0.4, -0.2) is 41.7 Å². The Morgan fingerprint density at radius 2 is 1.97 bits per heavy atom. The number of methoxy groups -OCH3 is 2. The van der Waals surface area contributed by atoms with Crippen LogP contribution < -0.4 is 9.47 Å². The molecular formula is C21H20FN3O4. The van der Waals surface area contributed by atoms with Crippen LogP contribution in [0.15, 0.2) is 47.0 Å². The van der Waals surface area contributed by atoms with Crippen molar-refractivity contribution in [1.29, 1.82) is 0 Å². The van der Waals surface area contributed by atoms with Crippen LogP contribution in [0.4, 0.5) is 4.39 Å². The molecule has 4 rings (SSSR count). The van der Waals surface area contributed by atoms with Crippen molar-refractivity contribution >= 4 is 5.91 Å². The van der Waals surface area contributed by atoms with E-state index in [4.69, 9.17) is 14.0 Å². The molecule has 8 heteroatoms. The van der Waals surface area contributed by atoms with Gasteiger partial charge in [-0.05, 0) is 55.3 Å². The summed E-state index contributed by atoms with van der Waals surface area (Å²) in [6.45, 7) is 0.539. The van der Waals surface area contributed by atoms with Gasteiger partial charge in [-0.1, -0.05) is 5.16 Å². The summed E-state index contributed by atoms with van der Waals surface area (Å²) in [4.78, 5) is 19.1. The lowest BCUT2D eigenvalue weighted by Crippen LogP contribution is -2.30. The van der Waals surface area contributed by atoms with Crippen molar-refractivity contribution in [2.24, 2.45) is 0 Å². The van der Waals surface area contributed by atoms with Gasteiger partial charge in [-0.25, -0.2) is 4.39 Å². The molecular weight excluding hydrogens is 377 g/mol. The first-order chi connectivity index (χ1) is 14.1. The summed E-state index contributed by atoms with van der Waals surface area (Å²) >= 11 is 0. The van der Waals surface area contributed by atoms with Gasteiger partial charge in [0.2, 0.25) is 11.7 Å². The number of nitrogens with zero attached hydrogens (tertiary/aromatic N) is 3. The van der Waals surface area contributed by atoms with Crippen LogP contribution in [0.25, 0.3) is 11.4 Å². The number of likely N-dealkylation sites (tertiary alicyclic amines) is 1. The van der Waals surface area contributed by atoms with Crippen LogP contribution in [-0.2, 0) is 0 Å². The lowest BCUT2D eigenvalue weighted by molar-refractivity contribution is 0.0709. The number of amides is 1. The van der Waals surface area contributed by atoms with Crippen LogP contribution in [0, 0.1) is 5.82 Å². The van der Waals surface area contributed by atoms with Gasteiger partial charge in [0.05, 0.1) is 14.2 Å². The number of carbonyl (C=O) groups excluding carboxylic acids is 1. The summed E-state index contributed by atoms with van der Waals surface area (Å²) in [5.74, 6) is 0.789. The second-order valence-corrected chi connectivity index (χ2v) is 6.69. The molecule has 7 nitrogen and oxygen atoms in total. The van der Waals surface area contributed by atoms with E-state index in [0.717, 1.165) is 17.7 Å². The molecule has 1 aliphatic heterocycles. The highest BCUT2D eigenvalue weighted by Crippen LogP contribution is 2.34. The molecule has 2 aromatic carbocycles. The summed E-state index contributed by atoms with van der Waals surface area (Å²) in [6, 6.07) is 11.2. The minimum absolute atomic E-state index is 0.0977. The van der Waals surface area contributed by atoms with Crippen LogP contribution in [0.5, 0.6) is 11.5 Å². The van der Waals surface area contributed by atoms with Crippen molar-refractivity contribution in [1.82, 2.24) is 15.0 Å². The monoisotopic (exact) mass is 397 g/mol. The first-order valence-electron chi connectivity index (χ1n) is 9.23. The van der Waals surface area contributed by atoms with E-state index < -0.39 is 5.82 Å². The summed E-state index contributed by atoms with van der Waals surface area (Å²) in [5.41, 5.74) is 1.04. The predicted octanol–water partition coefficient (Wildman–Crippen LogP) is 3.87. The van der Waals surface area contributed by atoms with E-state index in [9.17, 15) is 9.18 Å². The topological polar surface area (TPSA) is 77.7 Å². The number of hydrogen-bond acceptors (Lipinski definition) is 6. The molecule has 0 bridgehead atoms. The van der Waals surface area contributed by atoms with Crippen molar-refractivity contribution < 1.29 is 23.2 Å².